The number of nitro benzene ring substituents is 1. The molecule has 0 aliphatic rings. The Hall–Kier alpha value is -2.15. The van der Waals surface area contributed by atoms with Crippen LogP contribution in [0, 0.1) is 10.1 Å². The number of carboxylic acids is 1. The summed E-state index contributed by atoms with van der Waals surface area (Å²) in [5, 5.41) is 19.2. The molecule has 7 nitrogen and oxygen atoms in total. The second kappa shape index (κ2) is 5.08. The van der Waals surface area contributed by atoms with Gasteiger partial charge in [-0.25, -0.2) is 5.43 Å². The van der Waals surface area contributed by atoms with Gasteiger partial charge in [-0.05, 0) is 13.0 Å². The van der Waals surface area contributed by atoms with E-state index in [0.717, 1.165) is 0 Å². The second-order valence-corrected chi connectivity index (χ2v) is 3.10. The van der Waals surface area contributed by atoms with Crippen LogP contribution in [-0.2, 0) is 4.79 Å². The van der Waals surface area contributed by atoms with Gasteiger partial charge in [-0.2, -0.15) is 0 Å². The van der Waals surface area contributed by atoms with Crippen molar-refractivity contribution in [3.8, 4) is 0 Å². The SMILES string of the molecule is CC(NNc1ccccc1[N+](=O)[O-])C(=O)O. The Bertz CT molecular complexity index is 407. The van der Waals surface area contributed by atoms with Gasteiger partial charge in [-0.3, -0.25) is 14.9 Å². The maximum atomic E-state index is 10.6. The van der Waals surface area contributed by atoms with E-state index in [4.69, 9.17) is 5.11 Å². The summed E-state index contributed by atoms with van der Waals surface area (Å²) < 4.78 is 0. The molecule has 1 rings (SSSR count). The molecule has 0 saturated carbocycles. The van der Waals surface area contributed by atoms with Crippen LogP contribution in [0.5, 0.6) is 0 Å². The third kappa shape index (κ3) is 2.92. The number of rotatable bonds is 5. The Labute approximate surface area is 91.2 Å². The lowest BCUT2D eigenvalue weighted by Crippen LogP contribution is -2.37. The summed E-state index contributed by atoms with van der Waals surface area (Å²) in [6, 6.07) is 5.11. The topological polar surface area (TPSA) is 105 Å². The molecule has 0 amide bonds. The first-order chi connectivity index (χ1) is 7.52. The second-order valence-electron chi connectivity index (χ2n) is 3.10. The van der Waals surface area contributed by atoms with E-state index in [9.17, 15) is 14.9 Å². The van der Waals surface area contributed by atoms with Gasteiger partial charge in [0.25, 0.3) is 5.69 Å². The highest BCUT2D eigenvalue weighted by molar-refractivity contribution is 5.73. The van der Waals surface area contributed by atoms with Crippen LogP contribution in [0.3, 0.4) is 0 Å². The van der Waals surface area contributed by atoms with Crippen molar-refractivity contribution in [3.05, 3.63) is 34.4 Å². The third-order valence-corrected chi connectivity index (χ3v) is 1.89. The lowest BCUT2D eigenvalue weighted by Gasteiger charge is -2.11. The molecule has 0 aromatic heterocycles. The predicted molar refractivity (Wildman–Crippen MR) is 57.0 cm³/mol. The molecule has 1 atom stereocenters. The largest absolute Gasteiger partial charge is 0.480 e. The van der Waals surface area contributed by atoms with Crippen LogP contribution < -0.4 is 10.9 Å². The van der Waals surface area contributed by atoms with Crippen molar-refractivity contribution < 1.29 is 14.8 Å². The minimum Gasteiger partial charge on any atom is -0.480 e. The summed E-state index contributed by atoms with van der Waals surface area (Å²) in [5.41, 5.74) is 5.05. The van der Waals surface area contributed by atoms with Crippen molar-refractivity contribution in [2.24, 2.45) is 0 Å². The average Bonchev–Trinajstić information content (AvgIpc) is 2.25. The summed E-state index contributed by atoms with van der Waals surface area (Å²) >= 11 is 0. The molecule has 0 aliphatic carbocycles. The maximum Gasteiger partial charge on any atom is 0.322 e. The molecule has 0 bridgehead atoms. The third-order valence-electron chi connectivity index (χ3n) is 1.89. The fourth-order valence-electron chi connectivity index (χ4n) is 0.986. The van der Waals surface area contributed by atoms with E-state index in [2.05, 4.69) is 10.9 Å². The lowest BCUT2D eigenvalue weighted by atomic mass is 10.3. The highest BCUT2D eigenvalue weighted by atomic mass is 16.6. The number of para-hydroxylation sites is 2. The number of benzene rings is 1. The molecular weight excluding hydrogens is 214 g/mol. The first-order valence-corrected chi connectivity index (χ1v) is 4.50. The zero-order valence-corrected chi connectivity index (χ0v) is 8.51. The van der Waals surface area contributed by atoms with Crippen LogP contribution in [-0.4, -0.2) is 22.0 Å². The summed E-state index contributed by atoms with van der Waals surface area (Å²) in [6.07, 6.45) is 0. The number of carbonyl (C=O) groups is 1. The van der Waals surface area contributed by atoms with Crippen LogP contribution in [0.4, 0.5) is 11.4 Å². The Kier molecular flexibility index (Phi) is 3.78. The van der Waals surface area contributed by atoms with Gasteiger partial charge < -0.3 is 10.5 Å². The lowest BCUT2D eigenvalue weighted by molar-refractivity contribution is -0.384. The quantitative estimate of drug-likeness (QED) is 0.509. The molecule has 7 heteroatoms. The molecule has 1 aromatic rings. The molecule has 0 saturated heterocycles. The number of aliphatic carboxylic acids is 1. The number of hydrogen-bond donors (Lipinski definition) is 3. The summed E-state index contributed by atoms with van der Waals surface area (Å²) in [7, 11) is 0. The number of carboxylic acid groups (broad SMARTS) is 1. The average molecular weight is 225 g/mol. The van der Waals surface area contributed by atoms with Gasteiger partial charge in [0.05, 0.1) is 4.92 Å². The molecule has 0 heterocycles. The van der Waals surface area contributed by atoms with Crippen molar-refractivity contribution in [2.75, 3.05) is 5.43 Å². The van der Waals surface area contributed by atoms with Crippen LogP contribution in [0.2, 0.25) is 0 Å². The first-order valence-electron chi connectivity index (χ1n) is 4.50. The zero-order valence-electron chi connectivity index (χ0n) is 8.51. The maximum absolute atomic E-state index is 10.6. The number of nitrogens with one attached hydrogen (secondary N) is 2. The monoisotopic (exact) mass is 225 g/mol. The fraction of sp³-hybridized carbons (Fsp3) is 0.222. The minimum absolute atomic E-state index is 0.118. The first kappa shape index (κ1) is 11.9. The van der Waals surface area contributed by atoms with Crippen molar-refractivity contribution in [2.45, 2.75) is 13.0 Å². The summed E-state index contributed by atoms with van der Waals surface area (Å²) in [6.45, 7) is 1.42. The molecule has 86 valence electrons. The van der Waals surface area contributed by atoms with Crippen LogP contribution >= 0.6 is 0 Å². The smallest absolute Gasteiger partial charge is 0.322 e. The number of hydrazine groups is 1. The van der Waals surface area contributed by atoms with E-state index in [0.29, 0.717) is 0 Å². The number of nitro groups is 1. The molecule has 0 radical (unpaired) electrons. The molecule has 0 spiro atoms. The zero-order chi connectivity index (χ0) is 12.1. The van der Waals surface area contributed by atoms with Crippen molar-refractivity contribution in [1.29, 1.82) is 0 Å². The molecule has 1 unspecified atom stereocenters. The van der Waals surface area contributed by atoms with Crippen LogP contribution in [0.25, 0.3) is 0 Å². The van der Waals surface area contributed by atoms with E-state index in [1.165, 1.54) is 25.1 Å². The van der Waals surface area contributed by atoms with Gasteiger partial charge in [0.15, 0.2) is 0 Å². The number of anilines is 1. The Morgan fingerprint density at radius 3 is 2.69 bits per heavy atom. The number of hydrogen-bond acceptors (Lipinski definition) is 5. The van der Waals surface area contributed by atoms with E-state index in [-0.39, 0.29) is 11.4 Å². The van der Waals surface area contributed by atoms with E-state index >= 15 is 0 Å². The van der Waals surface area contributed by atoms with Crippen LogP contribution in [0.1, 0.15) is 6.92 Å². The summed E-state index contributed by atoms with van der Waals surface area (Å²) in [5.74, 6) is -1.05. The van der Waals surface area contributed by atoms with Gasteiger partial charge in [-0.1, -0.05) is 12.1 Å². The van der Waals surface area contributed by atoms with Crippen molar-refractivity contribution in [1.82, 2.24) is 5.43 Å². The molecule has 0 fully saturated rings. The molecular formula is C9H11N3O4. The van der Waals surface area contributed by atoms with Gasteiger partial charge in [0.2, 0.25) is 0 Å². The Morgan fingerprint density at radius 1 is 1.50 bits per heavy atom. The summed E-state index contributed by atoms with van der Waals surface area (Å²) in [4.78, 5) is 20.6. The minimum atomic E-state index is -1.05. The molecule has 3 N–H and O–H groups in total. The fourth-order valence-corrected chi connectivity index (χ4v) is 0.986. The normalized spacial score (nSPS) is 11.8. The highest BCUT2D eigenvalue weighted by Gasteiger charge is 2.14. The molecule has 1 aromatic carbocycles. The van der Waals surface area contributed by atoms with Gasteiger partial charge in [0, 0.05) is 6.07 Å². The van der Waals surface area contributed by atoms with E-state index < -0.39 is 16.9 Å². The standard InChI is InChI=1S/C9H11N3O4/c1-6(9(13)14)10-11-7-4-2-3-5-8(7)12(15)16/h2-6,10-11H,1H3,(H,13,14). The van der Waals surface area contributed by atoms with Gasteiger partial charge >= 0.3 is 5.97 Å². The van der Waals surface area contributed by atoms with E-state index in [1.807, 2.05) is 0 Å². The van der Waals surface area contributed by atoms with Gasteiger partial charge in [0.1, 0.15) is 11.7 Å². The predicted octanol–water partition coefficient (Wildman–Crippen LogP) is 0.984. The Morgan fingerprint density at radius 2 is 2.12 bits per heavy atom. The van der Waals surface area contributed by atoms with Crippen LogP contribution in [0.15, 0.2) is 24.3 Å². The van der Waals surface area contributed by atoms with Crippen molar-refractivity contribution >= 4 is 17.3 Å². The number of nitrogens with zero attached hydrogens (tertiary/aromatic N) is 1. The molecule has 16 heavy (non-hydrogen) atoms. The molecule has 0 aliphatic heterocycles. The Balaban J connectivity index is 2.74. The van der Waals surface area contributed by atoms with E-state index in [1.54, 1.807) is 6.07 Å². The van der Waals surface area contributed by atoms with Gasteiger partial charge in [-0.15, -0.1) is 0 Å². The van der Waals surface area contributed by atoms with Crippen molar-refractivity contribution in [3.63, 3.8) is 0 Å². The highest BCUT2D eigenvalue weighted by Crippen LogP contribution is 2.22.